The zero-order chi connectivity index (χ0) is 14.4. The Morgan fingerprint density at radius 1 is 1.32 bits per heavy atom. The van der Waals surface area contributed by atoms with E-state index in [2.05, 4.69) is 0 Å². The minimum absolute atomic E-state index is 0.109. The lowest BCUT2D eigenvalue weighted by atomic mass is 9.60. The van der Waals surface area contributed by atoms with Gasteiger partial charge in [-0.2, -0.15) is 0 Å². The van der Waals surface area contributed by atoms with Crippen LogP contribution in [0.1, 0.15) is 48.7 Å². The van der Waals surface area contributed by atoms with Crippen LogP contribution in [0, 0.1) is 6.92 Å². The summed E-state index contributed by atoms with van der Waals surface area (Å²) in [6.07, 6.45) is 0.304. The van der Waals surface area contributed by atoms with E-state index in [0.717, 1.165) is 0 Å². The van der Waals surface area contributed by atoms with Crippen molar-refractivity contribution in [2.75, 3.05) is 0 Å². The van der Waals surface area contributed by atoms with Crippen LogP contribution in [-0.2, 0) is 15.0 Å². The minimum Gasteiger partial charge on any atom is -0.426 e. The lowest BCUT2D eigenvalue weighted by Crippen LogP contribution is -2.50. The first-order valence-corrected chi connectivity index (χ1v) is 6.24. The number of ether oxygens (including phenoxy) is 1. The van der Waals surface area contributed by atoms with Gasteiger partial charge in [0.25, 0.3) is 0 Å². The molecule has 2 rings (SSSR count). The summed E-state index contributed by atoms with van der Waals surface area (Å²) in [5.74, 6) is -0.548. The van der Waals surface area contributed by atoms with Crippen molar-refractivity contribution in [2.24, 2.45) is 0 Å². The molecule has 4 heteroatoms. The van der Waals surface area contributed by atoms with Crippen molar-refractivity contribution in [3.8, 4) is 5.75 Å². The highest BCUT2D eigenvalue weighted by atomic mass is 16.5. The van der Waals surface area contributed by atoms with Crippen LogP contribution in [-0.4, -0.2) is 17.5 Å². The number of Topliss-reactive ketones (excluding diaryl/α,β-unsaturated/α-hetero) is 2. The highest BCUT2D eigenvalue weighted by Gasteiger charge is 2.54. The fourth-order valence-electron chi connectivity index (χ4n) is 2.54. The molecule has 0 N–H and O–H groups in total. The summed E-state index contributed by atoms with van der Waals surface area (Å²) in [5.41, 5.74) is 0.672. The van der Waals surface area contributed by atoms with Gasteiger partial charge in [0.1, 0.15) is 11.2 Å². The predicted octanol–water partition coefficient (Wildman–Crippen LogP) is 2.35. The Balaban J connectivity index is 2.59. The van der Waals surface area contributed by atoms with Gasteiger partial charge in [-0.1, -0.05) is 19.1 Å². The zero-order valence-electron chi connectivity index (χ0n) is 11.5. The smallest absolute Gasteiger partial charge is 0.308 e. The molecule has 1 aromatic carbocycles. The molecule has 19 heavy (non-hydrogen) atoms. The average molecular weight is 260 g/mol. The van der Waals surface area contributed by atoms with Gasteiger partial charge in [0.05, 0.1) is 5.56 Å². The quantitative estimate of drug-likeness (QED) is 0.475. The number of carbonyl (C=O) groups is 3. The van der Waals surface area contributed by atoms with E-state index >= 15 is 0 Å². The van der Waals surface area contributed by atoms with E-state index in [4.69, 9.17) is 4.74 Å². The average Bonchev–Trinajstić information content (AvgIpc) is 2.37. The zero-order valence-corrected chi connectivity index (χ0v) is 11.5. The van der Waals surface area contributed by atoms with Crippen LogP contribution in [0.4, 0.5) is 0 Å². The lowest BCUT2D eigenvalue weighted by molar-refractivity contribution is -0.131. The van der Waals surface area contributed by atoms with Gasteiger partial charge in [0.2, 0.25) is 0 Å². The molecular weight excluding hydrogens is 244 g/mol. The third kappa shape index (κ3) is 1.70. The number of fused-ring (bicyclic) bond motifs is 1. The van der Waals surface area contributed by atoms with Crippen molar-refractivity contribution in [3.05, 3.63) is 28.8 Å². The van der Waals surface area contributed by atoms with Crippen molar-refractivity contribution in [1.29, 1.82) is 0 Å². The Labute approximate surface area is 111 Å². The first-order valence-electron chi connectivity index (χ1n) is 6.24. The Hall–Kier alpha value is -1.97. The van der Waals surface area contributed by atoms with Crippen molar-refractivity contribution < 1.29 is 19.1 Å². The Morgan fingerprint density at radius 3 is 2.47 bits per heavy atom. The summed E-state index contributed by atoms with van der Waals surface area (Å²) in [6.45, 7) is 6.43. The molecule has 1 aliphatic carbocycles. The van der Waals surface area contributed by atoms with Crippen LogP contribution in [0.3, 0.4) is 0 Å². The van der Waals surface area contributed by atoms with E-state index in [1.807, 2.05) is 0 Å². The molecule has 0 spiro atoms. The molecule has 0 heterocycles. The Kier molecular flexibility index (Phi) is 3.04. The summed E-state index contributed by atoms with van der Waals surface area (Å²) >= 11 is 0. The summed E-state index contributed by atoms with van der Waals surface area (Å²) < 4.78 is 5.11. The fraction of sp³-hybridized carbons (Fsp3) is 0.400. The second kappa shape index (κ2) is 4.30. The van der Waals surface area contributed by atoms with Crippen molar-refractivity contribution in [1.82, 2.24) is 0 Å². The molecule has 0 radical (unpaired) electrons. The summed E-state index contributed by atoms with van der Waals surface area (Å²) in [5, 5.41) is 0. The molecule has 4 nitrogen and oxygen atoms in total. The van der Waals surface area contributed by atoms with Gasteiger partial charge in [-0.25, -0.2) is 0 Å². The van der Waals surface area contributed by atoms with Crippen LogP contribution in [0.2, 0.25) is 0 Å². The van der Waals surface area contributed by atoms with E-state index < -0.39 is 11.4 Å². The highest BCUT2D eigenvalue weighted by Crippen LogP contribution is 2.47. The van der Waals surface area contributed by atoms with E-state index in [9.17, 15) is 14.4 Å². The molecule has 0 bridgehead atoms. The molecule has 0 unspecified atom stereocenters. The maximum Gasteiger partial charge on any atom is 0.308 e. The van der Waals surface area contributed by atoms with Gasteiger partial charge < -0.3 is 4.74 Å². The normalized spacial score (nSPS) is 20.5. The summed E-state index contributed by atoms with van der Waals surface area (Å²) in [4.78, 5) is 35.4. The van der Waals surface area contributed by atoms with Crippen molar-refractivity contribution in [3.63, 3.8) is 0 Å². The molecule has 1 aromatic rings. The van der Waals surface area contributed by atoms with Crippen LogP contribution < -0.4 is 4.74 Å². The Bertz CT molecular complexity index is 600. The lowest BCUT2D eigenvalue weighted by Gasteiger charge is -2.38. The van der Waals surface area contributed by atoms with Gasteiger partial charge in [0, 0.05) is 13.3 Å². The number of benzene rings is 1. The van der Waals surface area contributed by atoms with Crippen LogP contribution in [0.5, 0.6) is 5.75 Å². The van der Waals surface area contributed by atoms with E-state index in [1.165, 1.54) is 6.92 Å². The van der Waals surface area contributed by atoms with Crippen molar-refractivity contribution >= 4 is 17.5 Å². The number of carbonyl (C=O) groups excluding carboxylic acids is 3. The van der Waals surface area contributed by atoms with Crippen LogP contribution in [0.25, 0.3) is 0 Å². The number of rotatable bonds is 3. The molecule has 0 saturated carbocycles. The largest absolute Gasteiger partial charge is 0.426 e. The van der Waals surface area contributed by atoms with Gasteiger partial charge in [-0.05, 0) is 25.0 Å². The molecule has 0 saturated heterocycles. The molecule has 0 aliphatic heterocycles. The van der Waals surface area contributed by atoms with Gasteiger partial charge >= 0.3 is 5.97 Å². The molecule has 0 fully saturated rings. The maximum absolute atomic E-state index is 12.3. The van der Waals surface area contributed by atoms with Gasteiger partial charge in [-0.3, -0.25) is 14.4 Å². The van der Waals surface area contributed by atoms with Crippen LogP contribution in [0.15, 0.2) is 12.1 Å². The third-order valence-electron chi connectivity index (χ3n) is 3.70. The number of hydrogen-bond acceptors (Lipinski definition) is 4. The van der Waals surface area contributed by atoms with Gasteiger partial charge in [0.15, 0.2) is 11.6 Å². The van der Waals surface area contributed by atoms with E-state index in [0.29, 0.717) is 23.1 Å². The summed E-state index contributed by atoms with van der Waals surface area (Å²) in [6, 6.07) is 3.54. The second-order valence-corrected chi connectivity index (χ2v) is 4.96. The third-order valence-corrected chi connectivity index (χ3v) is 3.70. The number of ketones is 2. The first-order chi connectivity index (χ1) is 8.83. The highest BCUT2D eigenvalue weighted by molar-refractivity contribution is 6.28. The monoisotopic (exact) mass is 260 g/mol. The maximum atomic E-state index is 12.3. The number of aryl methyl sites for hydroxylation is 1. The number of esters is 1. The topological polar surface area (TPSA) is 60.4 Å². The molecule has 0 amide bonds. The summed E-state index contributed by atoms with van der Waals surface area (Å²) in [7, 11) is 0. The van der Waals surface area contributed by atoms with Crippen molar-refractivity contribution in [2.45, 2.75) is 39.5 Å². The SMILES string of the molecule is CCC(=O)[C@]1(C)C(=O)c2c1ccc(C)c2OC(C)=O. The van der Waals surface area contributed by atoms with Crippen LogP contribution >= 0.6 is 0 Å². The molecule has 0 aromatic heterocycles. The molecule has 100 valence electrons. The minimum atomic E-state index is -1.08. The predicted molar refractivity (Wildman–Crippen MR) is 69.5 cm³/mol. The fourth-order valence-corrected chi connectivity index (χ4v) is 2.54. The number of hydrogen-bond donors (Lipinski definition) is 0. The standard InChI is InChI=1S/C15H16O4/c1-5-11(17)15(4)10-7-6-8(2)13(19-9(3)16)12(10)14(15)18/h6-7H,5H2,1-4H3/t15-/m1/s1. The second-order valence-electron chi connectivity index (χ2n) is 4.96. The molecule has 1 atom stereocenters. The van der Waals surface area contributed by atoms with E-state index in [-0.39, 0.29) is 17.3 Å². The molecular formula is C15H16O4. The van der Waals surface area contributed by atoms with Gasteiger partial charge in [-0.15, -0.1) is 0 Å². The first kappa shape index (κ1) is 13.5. The molecule has 1 aliphatic rings. The van der Waals surface area contributed by atoms with E-state index in [1.54, 1.807) is 32.9 Å². The Morgan fingerprint density at radius 2 is 1.95 bits per heavy atom.